The number of benzene rings is 2. The van der Waals surface area contributed by atoms with Crippen LogP contribution in [0.1, 0.15) is 73.4 Å². The SMILES string of the molecule is COc1ccc2c(c1)CC(NC(=O)N1C[C@@H](C)O[C@@H](C)C1)Cn1c-2c(C2CCCCC2)c2ccc(C(=O)NSN(C)C)cc21. The molecule has 0 spiro atoms. The predicted molar refractivity (Wildman–Crippen MR) is 176 cm³/mol. The molecule has 0 bridgehead atoms. The van der Waals surface area contributed by atoms with E-state index in [4.69, 9.17) is 9.47 Å². The van der Waals surface area contributed by atoms with E-state index in [-0.39, 0.29) is 30.2 Å². The van der Waals surface area contributed by atoms with Gasteiger partial charge in [-0.25, -0.2) is 9.10 Å². The van der Waals surface area contributed by atoms with Gasteiger partial charge in [-0.05, 0) is 94.6 Å². The maximum atomic E-state index is 13.7. The van der Waals surface area contributed by atoms with Gasteiger partial charge in [-0.15, -0.1) is 0 Å². The molecular weight excluding hydrogens is 574 g/mol. The molecule has 1 aromatic heterocycles. The van der Waals surface area contributed by atoms with Gasteiger partial charge in [0.25, 0.3) is 5.91 Å². The topological polar surface area (TPSA) is 88.1 Å². The van der Waals surface area contributed by atoms with Crippen LogP contribution in [-0.4, -0.2) is 78.3 Å². The van der Waals surface area contributed by atoms with Crippen molar-refractivity contribution in [2.24, 2.45) is 0 Å². The van der Waals surface area contributed by atoms with Crippen molar-refractivity contribution in [3.8, 4) is 17.0 Å². The van der Waals surface area contributed by atoms with Gasteiger partial charge in [0, 0.05) is 53.8 Å². The third-order valence-electron chi connectivity index (χ3n) is 9.17. The van der Waals surface area contributed by atoms with Crippen LogP contribution in [0.15, 0.2) is 36.4 Å². The van der Waals surface area contributed by atoms with Crippen molar-refractivity contribution >= 4 is 35.0 Å². The minimum absolute atomic E-state index is 0.00288. The molecular formula is C34H45N5O4S. The van der Waals surface area contributed by atoms with Crippen LogP contribution in [0.5, 0.6) is 5.75 Å². The second kappa shape index (κ2) is 13.0. The van der Waals surface area contributed by atoms with Gasteiger partial charge in [0.15, 0.2) is 0 Å². The van der Waals surface area contributed by atoms with E-state index in [0.29, 0.717) is 37.5 Å². The minimum Gasteiger partial charge on any atom is -0.497 e. The molecule has 2 N–H and O–H groups in total. The van der Waals surface area contributed by atoms with E-state index >= 15 is 0 Å². The number of rotatable bonds is 6. The summed E-state index contributed by atoms with van der Waals surface area (Å²) >= 11 is 1.27. The Hall–Kier alpha value is -3.21. The number of aromatic nitrogens is 1. The average molecular weight is 620 g/mol. The number of amides is 3. The van der Waals surface area contributed by atoms with Crippen LogP contribution in [0.3, 0.4) is 0 Å². The van der Waals surface area contributed by atoms with Gasteiger partial charge in [-0.2, -0.15) is 0 Å². The molecule has 3 heterocycles. The number of hydrogen-bond donors (Lipinski definition) is 2. The summed E-state index contributed by atoms with van der Waals surface area (Å²) in [5, 5.41) is 4.60. The number of urea groups is 1. The summed E-state index contributed by atoms with van der Waals surface area (Å²) in [5.41, 5.74) is 6.61. The Labute approximate surface area is 264 Å². The van der Waals surface area contributed by atoms with Crippen LogP contribution < -0.4 is 14.8 Å². The lowest BCUT2D eigenvalue weighted by molar-refractivity contribution is -0.0548. The standard InChI is InChI=1S/C34H45N5O4S/c1-21-18-38(19-22(2)43-21)34(41)35-26-15-25-16-27(42-5)12-14-28(25)32-31(23-9-7-6-8-10-23)29-13-11-24(17-30(29)39(32)20-26)33(40)36-44-37(3)4/h11-14,16-17,21-23,26H,6-10,15,18-20H2,1-5H3,(H,35,41)(H,36,40)/t21-,22+,26?. The molecule has 3 amide bonds. The van der Waals surface area contributed by atoms with Gasteiger partial charge in [-0.3, -0.25) is 9.52 Å². The van der Waals surface area contributed by atoms with E-state index in [1.165, 1.54) is 53.6 Å². The van der Waals surface area contributed by atoms with Crippen molar-refractivity contribution in [3.63, 3.8) is 0 Å². The summed E-state index contributed by atoms with van der Waals surface area (Å²) in [6.45, 7) is 5.77. The molecule has 9 nitrogen and oxygen atoms in total. The minimum atomic E-state index is -0.153. The first-order chi connectivity index (χ1) is 21.2. The quantitative estimate of drug-likeness (QED) is 0.331. The molecule has 2 aromatic carbocycles. The summed E-state index contributed by atoms with van der Waals surface area (Å²) in [7, 11) is 5.50. The molecule has 3 aliphatic rings. The molecule has 1 saturated carbocycles. The number of fused-ring (bicyclic) bond motifs is 5. The zero-order chi connectivity index (χ0) is 31.0. The van der Waals surface area contributed by atoms with Crippen LogP contribution in [0.2, 0.25) is 0 Å². The Morgan fingerprint density at radius 3 is 2.45 bits per heavy atom. The number of ether oxygens (including phenoxy) is 2. The Morgan fingerprint density at radius 2 is 1.75 bits per heavy atom. The summed E-state index contributed by atoms with van der Waals surface area (Å²) < 4.78 is 18.7. The second-order valence-electron chi connectivity index (χ2n) is 12.8. The van der Waals surface area contributed by atoms with Crippen LogP contribution >= 0.6 is 12.1 Å². The van der Waals surface area contributed by atoms with Gasteiger partial charge in [0.1, 0.15) is 5.75 Å². The number of carbonyl (C=O) groups excluding carboxylic acids is 2. The molecule has 3 atom stereocenters. The van der Waals surface area contributed by atoms with Crippen LogP contribution in [0.25, 0.3) is 22.2 Å². The highest BCUT2D eigenvalue weighted by Crippen LogP contribution is 2.46. The van der Waals surface area contributed by atoms with E-state index in [0.717, 1.165) is 29.7 Å². The highest BCUT2D eigenvalue weighted by molar-refractivity contribution is 7.95. The van der Waals surface area contributed by atoms with Gasteiger partial charge < -0.3 is 24.3 Å². The first-order valence-corrected chi connectivity index (χ1v) is 16.7. The Morgan fingerprint density at radius 1 is 1.00 bits per heavy atom. The Kier molecular flexibility index (Phi) is 9.12. The third-order valence-corrected chi connectivity index (χ3v) is 9.81. The van der Waals surface area contributed by atoms with Gasteiger partial charge in [-0.1, -0.05) is 25.3 Å². The number of methoxy groups -OCH3 is 1. The Balaban J connectivity index is 1.47. The zero-order valence-electron chi connectivity index (χ0n) is 26.5. The van der Waals surface area contributed by atoms with Crippen LogP contribution in [0, 0.1) is 0 Å². The van der Waals surface area contributed by atoms with Gasteiger partial charge in [0.05, 0.1) is 31.1 Å². The van der Waals surface area contributed by atoms with E-state index in [9.17, 15) is 9.59 Å². The smallest absolute Gasteiger partial charge is 0.317 e. The number of morpholine rings is 1. The molecule has 1 saturated heterocycles. The van der Waals surface area contributed by atoms with Crippen molar-refractivity contribution in [1.82, 2.24) is 23.8 Å². The summed E-state index contributed by atoms with van der Waals surface area (Å²) in [4.78, 5) is 28.7. The zero-order valence-corrected chi connectivity index (χ0v) is 27.3. The van der Waals surface area contributed by atoms with Crippen molar-refractivity contribution in [1.29, 1.82) is 0 Å². The number of nitrogens with one attached hydrogen (secondary N) is 2. The highest BCUT2D eigenvalue weighted by atomic mass is 32.2. The summed E-state index contributed by atoms with van der Waals surface area (Å²) in [5.74, 6) is 1.13. The highest BCUT2D eigenvalue weighted by Gasteiger charge is 2.33. The number of nitrogens with zero attached hydrogens (tertiary/aromatic N) is 3. The van der Waals surface area contributed by atoms with Gasteiger partial charge >= 0.3 is 6.03 Å². The van der Waals surface area contributed by atoms with Crippen molar-refractivity contribution < 1.29 is 19.1 Å². The lowest BCUT2D eigenvalue weighted by Crippen LogP contribution is -2.54. The van der Waals surface area contributed by atoms with Crippen LogP contribution in [0.4, 0.5) is 4.79 Å². The molecule has 1 aliphatic carbocycles. The van der Waals surface area contributed by atoms with Gasteiger partial charge in [0.2, 0.25) is 0 Å². The first-order valence-electron chi connectivity index (χ1n) is 15.9. The molecule has 1 unspecified atom stereocenters. The second-order valence-corrected chi connectivity index (χ2v) is 13.9. The lowest BCUT2D eigenvalue weighted by Gasteiger charge is -2.36. The summed E-state index contributed by atoms with van der Waals surface area (Å²) in [6.07, 6.45) is 6.72. The van der Waals surface area contributed by atoms with E-state index < -0.39 is 0 Å². The number of hydrogen-bond acceptors (Lipinski definition) is 6. The first kappa shape index (κ1) is 30.8. The molecule has 3 aromatic rings. The fraction of sp³-hybridized carbons (Fsp3) is 0.529. The molecule has 236 valence electrons. The summed E-state index contributed by atoms with van der Waals surface area (Å²) in [6, 6.07) is 12.3. The monoisotopic (exact) mass is 619 g/mol. The predicted octanol–water partition coefficient (Wildman–Crippen LogP) is 5.96. The van der Waals surface area contributed by atoms with E-state index in [2.05, 4.69) is 32.8 Å². The number of carbonyl (C=O) groups is 2. The van der Waals surface area contributed by atoms with Crippen molar-refractivity contribution in [3.05, 3.63) is 53.1 Å². The molecule has 44 heavy (non-hydrogen) atoms. The maximum Gasteiger partial charge on any atom is 0.317 e. The Bertz CT molecular complexity index is 1520. The van der Waals surface area contributed by atoms with E-state index in [1.807, 2.05) is 55.3 Å². The molecule has 2 fully saturated rings. The largest absolute Gasteiger partial charge is 0.497 e. The van der Waals surface area contributed by atoms with Crippen molar-refractivity contribution in [2.75, 3.05) is 34.3 Å². The van der Waals surface area contributed by atoms with Crippen molar-refractivity contribution in [2.45, 2.75) is 83.1 Å². The lowest BCUT2D eigenvalue weighted by atomic mass is 9.81. The maximum absolute atomic E-state index is 13.7. The fourth-order valence-corrected chi connectivity index (χ4v) is 7.73. The molecule has 10 heteroatoms. The normalized spacial score (nSPS) is 22.3. The average Bonchev–Trinajstić information content (AvgIpc) is 3.23. The van der Waals surface area contributed by atoms with Crippen LogP contribution in [-0.2, 0) is 17.7 Å². The third kappa shape index (κ3) is 6.30. The molecule has 6 rings (SSSR count). The molecule has 0 radical (unpaired) electrons. The van der Waals surface area contributed by atoms with E-state index in [1.54, 1.807) is 7.11 Å². The molecule has 2 aliphatic heterocycles. The fourth-order valence-electron chi connectivity index (χ4n) is 7.35.